The Kier molecular flexibility index (Phi) is 4.87. The largest absolute Gasteiger partial charge is 0.481 e. The van der Waals surface area contributed by atoms with Crippen LogP contribution in [0.15, 0.2) is 18.2 Å². The van der Waals surface area contributed by atoms with Crippen LogP contribution in [-0.4, -0.2) is 17.0 Å². The molecule has 0 saturated heterocycles. The zero-order valence-electron chi connectivity index (χ0n) is 13.2. The first-order valence-corrected chi connectivity index (χ1v) is 8.94. The van der Waals surface area contributed by atoms with Crippen LogP contribution in [0.1, 0.15) is 35.9 Å². The Morgan fingerprint density at radius 3 is 2.91 bits per heavy atom. The van der Waals surface area contributed by atoms with E-state index in [1.54, 1.807) is 30.4 Å². The highest BCUT2D eigenvalue weighted by molar-refractivity contribution is 7.15. The number of aryl methyl sites for hydroxylation is 3. The quantitative estimate of drug-likeness (QED) is 0.889. The minimum atomic E-state index is -0.601. The van der Waals surface area contributed by atoms with E-state index in [0.717, 1.165) is 24.1 Å². The van der Waals surface area contributed by atoms with E-state index in [9.17, 15) is 4.79 Å². The molecule has 0 aliphatic heterocycles. The molecular formula is C17H19ClN2O2S. The van der Waals surface area contributed by atoms with Crippen LogP contribution in [0.5, 0.6) is 5.75 Å². The maximum absolute atomic E-state index is 12.3. The van der Waals surface area contributed by atoms with Crippen LogP contribution >= 0.6 is 22.9 Å². The lowest BCUT2D eigenvalue weighted by atomic mass is 10.0. The number of nitrogens with zero attached hydrogens (tertiary/aromatic N) is 1. The number of benzene rings is 1. The summed E-state index contributed by atoms with van der Waals surface area (Å²) in [5.41, 5.74) is 2.04. The fraction of sp³-hybridized carbons (Fsp3) is 0.412. The third-order valence-corrected chi connectivity index (χ3v) is 5.19. The topological polar surface area (TPSA) is 51.2 Å². The van der Waals surface area contributed by atoms with Gasteiger partial charge in [0, 0.05) is 9.90 Å². The standard InChI is InChI=1S/C17H19ClN2O2S/c1-10-9-12(18)7-8-14(10)22-11(2)16(21)20-17-19-13-5-3-4-6-15(13)23-17/h7-9,11H,3-6H2,1-2H3,(H,19,20,21)/t11-/m1/s1. The number of amides is 1. The molecule has 1 heterocycles. The molecule has 1 aromatic heterocycles. The van der Waals surface area contributed by atoms with Gasteiger partial charge in [-0.2, -0.15) is 0 Å². The molecule has 23 heavy (non-hydrogen) atoms. The summed E-state index contributed by atoms with van der Waals surface area (Å²) in [5.74, 6) is 0.473. The van der Waals surface area contributed by atoms with Gasteiger partial charge in [0.15, 0.2) is 11.2 Å². The molecule has 0 bridgehead atoms. The fourth-order valence-electron chi connectivity index (χ4n) is 2.60. The van der Waals surface area contributed by atoms with Crippen LogP contribution in [0.2, 0.25) is 5.02 Å². The molecule has 122 valence electrons. The first-order chi connectivity index (χ1) is 11.0. The van der Waals surface area contributed by atoms with Crippen LogP contribution in [0, 0.1) is 6.92 Å². The molecule has 1 atom stereocenters. The van der Waals surface area contributed by atoms with Crippen molar-refractivity contribution in [2.45, 2.75) is 45.6 Å². The number of anilines is 1. The smallest absolute Gasteiger partial charge is 0.266 e. The molecule has 0 unspecified atom stereocenters. The number of nitrogens with one attached hydrogen (secondary N) is 1. The molecule has 0 spiro atoms. The number of carbonyl (C=O) groups excluding carboxylic acids is 1. The van der Waals surface area contributed by atoms with Crippen LogP contribution in [0.4, 0.5) is 5.13 Å². The Morgan fingerprint density at radius 1 is 1.39 bits per heavy atom. The highest BCUT2D eigenvalue weighted by atomic mass is 35.5. The van der Waals surface area contributed by atoms with Gasteiger partial charge in [0.1, 0.15) is 5.75 Å². The van der Waals surface area contributed by atoms with Gasteiger partial charge in [0.2, 0.25) is 0 Å². The molecule has 3 rings (SSSR count). The Labute approximate surface area is 144 Å². The normalized spacial score (nSPS) is 14.9. The third kappa shape index (κ3) is 3.85. The first-order valence-electron chi connectivity index (χ1n) is 7.75. The number of hydrogen-bond acceptors (Lipinski definition) is 4. The van der Waals surface area contributed by atoms with Crippen molar-refractivity contribution in [3.8, 4) is 5.75 Å². The molecule has 6 heteroatoms. The van der Waals surface area contributed by atoms with Crippen molar-refractivity contribution < 1.29 is 9.53 Å². The van der Waals surface area contributed by atoms with Gasteiger partial charge in [-0.25, -0.2) is 4.98 Å². The molecule has 4 nitrogen and oxygen atoms in total. The van der Waals surface area contributed by atoms with Crippen LogP contribution in [0.25, 0.3) is 0 Å². The molecule has 2 aromatic rings. The number of hydrogen-bond donors (Lipinski definition) is 1. The summed E-state index contributed by atoms with van der Waals surface area (Å²) in [6, 6.07) is 5.35. The Bertz CT molecular complexity index is 706. The molecule has 1 aromatic carbocycles. The van der Waals surface area contributed by atoms with Crippen molar-refractivity contribution in [2.24, 2.45) is 0 Å². The highest BCUT2D eigenvalue weighted by Crippen LogP contribution is 2.30. The predicted molar refractivity (Wildman–Crippen MR) is 93.7 cm³/mol. The summed E-state index contributed by atoms with van der Waals surface area (Å²) in [6.45, 7) is 3.64. The minimum Gasteiger partial charge on any atom is -0.481 e. The van der Waals surface area contributed by atoms with E-state index in [2.05, 4.69) is 10.3 Å². The molecule has 1 amide bonds. The predicted octanol–water partition coefficient (Wildman–Crippen LogP) is 4.39. The van der Waals surface area contributed by atoms with Crippen molar-refractivity contribution >= 4 is 34.0 Å². The number of fused-ring (bicyclic) bond motifs is 1. The fourth-order valence-corrected chi connectivity index (χ4v) is 3.88. The first kappa shape index (κ1) is 16.3. The monoisotopic (exact) mass is 350 g/mol. The molecule has 0 fully saturated rings. The lowest BCUT2D eigenvalue weighted by molar-refractivity contribution is -0.122. The highest BCUT2D eigenvalue weighted by Gasteiger charge is 2.20. The zero-order chi connectivity index (χ0) is 16.4. The van der Waals surface area contributed by atoms with E-state index in [0.29, 0.717) is 15.9 Å². The second-order valence-electron chi connectivity index (χ2n) is 5.76. The van der Waals surface area contributed by atoms with Gasteiger partial charge in [0.05, 0.1) is 5.69 Å². The number of carbonyl (C=O) groups is 1. The van der Waals surface area contributed by atoms with E-state index in [4.69, 9.17) is 16.3 Å². The van der Waals surface area contributed by atoms with Crippen molar-refractivity contribution in [2.75, 3.05) is 5.32 Å². The average molecular weight is 351 g/mol. The summed E-state index contributed by atoms with van der Waals surface area (Å²) < 4.78 is 5.74. The Balaban J connectivity index is 1.64. The summed E-state index contributed by atoms with van der Waals surface area (Å²) in [5, 5.41) is 4.19. The molecule has 1 aliphatic rings. The van der Waals surface area contributed by atoms with Gasteiger partial charge in [-0.05, 0) is 63.3 Å². The van der Waals surface area contributed by atoms with E-state index in [1.807, 2.05) is 13.0 Å². The lowest BCUT2D eigenvalue weighted by Gasteiger charge is -2.15. The molecule has 1 N–H and O–H groups in total. The van der Waals surface area contributed by atoms with Crippen molar-refractivity contribution in [3.63, 3.8) is 0 Å². The third-order valence-electron chi connectivity index (χ3n) is 3.89. The van der Waals surface area contributed by atoms with Crippen molar-refractivity contribution in [1.29, 1.82) is 0 Å². The maximum Gasteiger partial charge on any atom is 0.266 e. The second kappa shape index (κ2) is 6.89. The number of thiazole rings is 1. The summed E-state index contributed by atoms with van der Waals surface area (Å²) in [4.78, 5) is 18.1. The zero-order valence-corrected chi connectivity index (χ0v) is 14.8. The van der Waals surface area contributed by atoms with Crippen LogP contribution in [-0.2, 0) is 17.6 Å². The van der Waals surface area contributed by atoms with Crippen LogP contribution in [0.3, 0.4) is 0 Å². The van der Waals surface area contributed by atoms with E-state index in [-0.39, 0.29) is 5.91 Å². The van der Waals surface area contributed by atoms with E-state index >= 15 is 0 Å². The number of rotatable bonds is 4. The van der Waals surface area contributed by atoms with E-state index in [1.165, 1.54) is 17.7 Å². The Hall–Kier alpha value is -1.59. The summed E-state index contributed by atoms with van der Waals surface area (Å²) >= 11 is 7.51. The van der Waals surface area contributed by atoms with Gasteiger partial charge < -0.3 is 4.74 Å². The van der Waals surface area contributed by atoms with Crippen molar-refractivity contribution in [3.05, 3.63) is 39.4 Å². The number of aromatic nitrogens is 1. The molecule has 0 radical (unpaired) electrons. The maximum atomic E-state index is 12.3. The Morgan fingerprint density at radius 2 is 2.17 bits per heavy atom. The second-order valence-corrected chi connectivity index (χ2v) is 7.28. The van der Waals surface area contributed by atoms with Crippen molar-refractivity contribution in [1.82, 2.24) is 4.98 Å². The SMILES string of the molecule is Cc1cc(Cl)ccc1O[C@H](C)C(=O)Nc1nc2c(s1)CCCC2. The number of halogens is 1. The van der Waals surface area contributed by atoms with E-state index < -0.39 is 6.10 Å². The molecular weight excluding hydrogens is 332 g/mol. The van der Waals surface area contributed by atoms with Gasteiger partial charge in [0.25, 0.3) is 5.91 Å². The molecule has 1 aliphatic carbocycles. The van der Waals surface area contributed by atoms with Gasteiger partial charge >= 0.3 is 0 Å². The molecule has 0 saturated carbocycles. The van der Waals surface area contributed by atoms with Gasteiger partial charge in [-0.15, -0.1) is 11.3 Å². The average Bonchev–Trinajstić information content (AvgIpc) is 2.92. The van der Waals surface area contributed by atoms with Gasteiger partial charge in [-0.1, -0.05) is 11.6 Å². The summed E-state index contributed by atoms with van der Waals surface area (Å²) in [6.07, 6.45) is 3.87. The lowest BCUT2D eigenvalue weighted by Crippen LogP contribution is -2.30. The van der Waals surface area contributed by atoms with Crippen LogP contribution < -0.4 is 10.1 Å². The minimum absolute atomic E-state index is 0.189. The number of ether oxygens (including phenoxy) is 1. The summed E-state index contributed by atoms with van der Waals surface area (Å²) in [7, 11) is 0. The van der Waals surface area contributed by atoms with Gasteiger partial charge in [-0.3, -0.25) is 10.1 Å².